The number of nitrogens with zero attached hydrogens (tertiary/aromatic N) is 3. The van der Waals surface area contributed by atoms with Gasteiger partial charge in [-0.1, -0.05) is 6.07 Å². The van der Waals surface area contributed by atoms with Crippen molar-refractivity contribution >= 4 is 27.5 Å². The van der Waals surface area contributed by atoms with Crippen molar-refractivity contribution in [2.45, 2.75) is 32.7 Å². The molecule has 1 aliphatic rings. The van der Waals surface area contributed by atoms with Crippen molar-refractivity contribution in [1.29, 1.82) is 0 Å². The number of rotatable bonds is 6. The molecule has 0 saturated heterocycles. The van der Waals surface area contributed by atoms with Gasteiger partial charge in [0.05, 0.1) is 24.5 Å². The van der Waals surface area contributed by atoms with Crippen LogP contribution in [0.25, 0.3) is 10.2 Å². The van der Waals surface area contributed by atoms with Crippen molar-refractivity contribution < 1.29 is 14.3 Å². The molecule has 0 spiro atoms. The summed E-state index contributed by atoms with van der Waals surface area (Å²) in [5.41, 5.74) is 1.77. The summed E-state index contributed by atoms with van der Waals surface area (Å²) in [6.45, 7) is 3.10. The molecule has 0 saturated carbocycles. The molecule has 1 amide bonds. The first-order valence-electron chi connectivity index (χ1n) is 9.93. The zero-order chi connectivity index (χ0) is 21.4. The van der Waals surface area contributed by atoms with Gasteiger partial charge in [0.25, 0.3) is 11.5 Å². The Morgan fingerprint density at radius 1 is 1.27 bits per heavy atom. The molecule has 0 N–H and O–H groups in total. The second-order valence-corrected chi connectivity index (χ2v) is 8.49. The van der Waals surface area contributed by atoms with E-state index in [1.807, 2.05) is 25.1 Å². The van der Waals surface area contributed by atoms with E-state index in [2.05, 4.69) is 4.98 Å². The average Bonchev–Trinajstić information content (AvgIpc) is 3.36. The standard InChI is InChI=1S/C22H25N3O4S/c1-13-18-20(23-17-6-5-10-25(17)21(18)26)30-19(13)22(27)24(2)11-9-14-7-8-15(28-3)16(12-14)29-4/h7-8,12H,5-6,9-11H2,1-4H3. The molecule has 158 valence electrons. The molecule has 0 unspecified atom stereocenters. The molecule has 0 atom stereocenters. The van der Waals surface area contributed by atoms with E-state index in [9.17, 15) is 9.59 Å². The van der Waals surface area contributed by atoms with Crippen LogP contribution >= 0.6 is 11.3 Å². The lowest BCUT2D eigenvalue weighted by Crippen LogP contribution is -2.28. The van der Waals surface area contributed by atoms with Gasteiger partial charge in [0.2, 0.25) is 0 Å². The Labute approximate surface area is 178 Å². The van der Waals surface area contributed by atoms with Crippen LogP contribution in [0, 0.1) is 6.92 Å². The Balaban J connectivity index is 1.55. The zero-order valence-corrected chi connectivity index (χ0v) is 18.5. The van der Waals surface area contributed by atoms with Crippen molar-refractivity contribution in [2.24, 2.45) is 0 Å². The molecule has 3 heterocycles. The predicted octanol–water partition coefficient (Wildman–Crippen LogP) is 3.04. The molecule has 1 aliphatic heterocycles. The van der Waals surface area contributed by atoms with E-state index in [1.54, 1.807) is 30.7 Å². The molecule has 3 aromatic rings. The van der Waals surface area contributed by atoms with Crippen molar-refractivity contribution in [2.75, 3.05) is 27.8 Å². The Morgan fingerprint density at radius 3 is 2.77 bits per heavy atom. The fraction of sp³-hybridized carbons (Fsp3) is 0.409. The van der Waals surface area contributed by atoms with E-state index in [1.165, 1.54) is 11.3 Å². The van der Waals surface area contributed by atoms with Crippen LogP contribution in [-0.4, -0.2) is 48.2 Å². The van der Waals surface area contributed by atoms with Gasteiger partial charge in [-0.25, -0.2) is 4.98 Å². The number of aromatic nitrogens is 2. The van der Waals surface area contributed by atoms with Gasteiger partial charge >= 0.3 is 0 Å². The van der Waals surface area contributed by atoms with Gasteiger partial charge in [-0.3, -0.25) is 14.2 Å². The van der Waals surface area contributed by atoms with Crippen LogP contribution < -0.4 is 15.0 Å². The lowest BCUT2D eigenvalue weighted by atomic mass is 10.1. The smallest absolute Gasteiger partial charge is 0.264 e. The number of fused-ring (bicyclic) bond motifs is 2. The molecule has 4 rings (SSSR count). The quantitative estimate of drug-likeness (QED) is 0.605. The number of hydrogen-bond donors (Lipinski definition) is 0. The monoisotopic (exact) mass is 427 g/mol. The van der Waals surface area contributed by atoms with Crippen LogP contribution in [0.2, 0.25) is 0 Å². The minimum atomic E-state index is -0.0828. The minimum Gasteiger partial charge on any atom is -0.493 e. The van der Waals surface area contributed by atoms with E-state index in [0.29, 0.717) is 46.1 Å². The predicted molar refractivity (Wildman–Crippen MR) is 117 cm³/mol. The summed E-state index contributed by atoms with van der Waals surface area (Å²) in [7, 11) is 4.99. The van der Waals surface area contributed by atoms with Gasteiger partial charge in [-0.2, -0.15) is 0 Å². The largest absolute Gasteiger partial charge is 0.493 e. The molecule has 8 heteroatoms. The summed E-state index contributed by atoms with van der Waals surface area (Å²) in [6, 6.07) is 5.76. The van der Waals surface area contributed by atoms with Crippen LogP contribution in [0.15, 0.2) is 23.0 Å². The third-order valence-corrected chi connectivity index (χ3v) is 6.81. The molecule has 0 aliphatic carbocycles. The molecule has 2 aromatic heterocycles. The second-order valence-electron chi connectivity index (χ2n) is 7.49. The number of likely N-dealkylation sites (N-methyl/N-ethyl adjacent to an activating group) is 1. The van der Waals surface area contributed by atoms with Crippen LogP contribution in [0.5, 0.6) is 11.5 Å². The fourth-order valence-electron chi connectivity index (χ4n) is 3.89. The van der Waals surface area contributed by atoms with Crippen molar-refractivity contribution in [1.82, 2.24) is 14.5 Å². The van der Waals surface area contributed by atoms with Gasteiger partial charge in [-0.15, -0.1) is 11.3 Å². The lowest BCUT2D eigenvalue weighted by Gasteiger charge is -2.17. The maximum atomic E-state index is 13.1. The van der Waals surface area contributed by atoms with Crippen LogP contribution in [0.4, 0.5) is 0 Å². The molecule has 0 radical (unpaired) electrons. The second kappa shape index (κ2) is 8.10. The normalized spacial score (nSPS) is 12.8. The number of ether oxygens (including phenoxy) is 2. The molecule has 0 bridgehead atoms. The van der Waals surface area contributed by atoms with Crippen LogP contribution in [-0.2, 0) is 19.4 Å². The highest BCUT2D eigenvalue weighted by atomic mass is 32.1. The Bertz CT molecular complexity index is 1180. The van der Waals surface area contributed by atoms with Gasteiger partial charge < -0.3 is 14.4 Å². The molecular formula is C22H25N3O4S. The third kappa shape index (κ3) is 3.45. The van der Waals surface area contributed by atoms with Crippen molar-refractivity contribution in [3.8, 4) is 11.5 Å². The number of benzene rings is 1. The van der Waals surface area contributed by atoms with Gasteiger partial charge in [-0.05, 0) is 43.0 Å². The highest BCUT2D eigenvalue weighted by Gasteiger charge is 2.24. The first-order chi connectivity index (χ1) is 14.4. The van der Waals surface area contributed by atoms with E-state index < -0.39 is 0 Å². The number of amides is 1. The summed E-state index contributed by atoms with van der Waals surface area (Å²) in [4.78, 5) is 33.6. The van der Waals surface area contributed by atoms with Crippen molar-refractivity contribution in [3.63, 3.8) is 0 Å². The zero-order valence-electron chi connectivity index (χ0n) is 17.7. The first-order valence-corrected chi connectivity index (χ1v) is 10.8. The number of carbonyl (C=O) groups excluding carboxylic acids is 1. The highest BCUT2D eigenvalue weighted by Crippen LogP contribution is 2.30. The maximum absolute atomic E-state index is 13.1. The SMILES string of the molecule is COc1ccc(CCN(C)C(=O)c2sc3nc4n(c(=O)c3c2C)CCC4)cc1OC. The molecule has 1 aromatic carbocycles. The topological polar surface area (TPSA) is 73.7 Å². The summed E-state index contributed by atoms with van der Waals surface area (Å²) in [5, 5.41) is 0.585. The molecular weight excluding hydrogens is 402 g/mol. The fourth-order valence-corrected chi connectivity index (χ4v) is 5.07. The first kappa shape index (κ1) is 20.4. The summed E-state index contributed by atoms with van der Waals surface area (Å²) in [6.07, 6.45) is 2.45. The molecule has 30 heavy (non-hydrogen) atoms. The average molecular weight is 428 g/mol. The Morgan fingerprint density at radius 2 is 2.03 bits per heavy atom. The third-order valence-electron chi connectivity index (χ3n) is 5.64. The Kier molecular flexibility index (Phi) is 5.51. The Hall–Kier alpha value is -2.87. The summed E-state index contributed by atoms with van der Waals surface area (Å²) >= 11 is 1.32. The van der Waals surface area contributed by atoms with Gasteiger partial charge in [0, 0.05) is 26.6 Å². The number of aryl methyl sites for hydroxylation is 2. The summed E-state index contributed by atoms with van der Waals surface area (Å²) < 4.78 is 12.4. The lowest BCUT2D eigenvalue weighted by molar-refractivity contribution is 0.0801. The summed E-state index contributed by atoms with van der Waals surface area (Å²) in [5.74, 6) is 2.09. The molecule has 7 nitrogen and oxygen atoms in total. The van der Waals surface area contributed by atoms with E-state index >= 15 is 0 Å². The van der Waals surface area contributed by atoms with Gasteiger partial charge in [0.15, 0.2) is 11.5 Å². The van der Waals surface area contributed by atoms with E-state index in [4.69, 9.17) is 9.47 Å². The van der Waals surface area contributed by atoms with E-state index in [0.717, 1.165) is 29.8 Å². The van der Waals surface area contributed by atoms with Gasteiger partial charge in [0.1, 0.15) is 10.7 Å². The minimum absolute atomic E-state index is 0.0201. The molecule has 0 fully saturated rings. The highest BCUT2D eigenvalue weighted by molar-refractivity contribution is 7.20. The van der Waals surface area contributed by atoms with E-state index in [-0.39, 0.29) is 11.5 Å². The maximum Gasteiger partial charge on any atom is 0.264 e. The number of methoxy groups -OCH3 is 2. The number of hydrogen-bond acceptors (Lipinski definition) is 6. The number of thiophene rings is 1. The van der Waals surface area contributed by atoms with Crippen LogP contribution in [0.1, 0.15) is 33.0 Å². The van der Waals surface area contributed by atoms with Crippen LogP contribution in [0.3, 0.4) is 0 Å². The van der Waals surface area contributed by atoms with Crippen molar-refractivity contribution in [3.05, 3.63) is 50.4 Å². The number of carbonyl (C=O) groups is 1.